The third-order valence-electron chi connectivity index (χ3n) is 2.13. The van der Waals surface area contributed by atoms with Crippen molar-refractivity contribution in [3.63, 3.8) is 0 Å². The van der Waals surface area contributed by atoms with Crippen molar-refractivity contribution in [2.75, 3.05) is 0 Å². The number of aromatic nitrogens is 2. The van der Waals surface area contributed by atoms with Gasteiger partial charge in [-0.3, -0.25) is 0 Å². The molecule has 0 radical (unpaired) electrons. The van der Waals surface area contributed by atoms with Gasteiger partial charge >= 0.3 is 0 Å². The summed E-state index contributed by atoms with van der Waals surface area (Å²) in [5.41, 5.74) is 1.17. The van der Waals surface area contributed by atoms with Crippen molar-refractivity contribution < 1.29 is 9.50 Å². The molecule has 1 heterocycles. The Morgan fingerprint density at radius 3 is 2.94 bits per heavy atom. The van der Waals surface area contributed by atoms with Crippen LogP contribution in [0.1, 0.15) is 17.4 Å². The van der Waals surface area contributed by atoms with Gasteiger partial charge < -0.3 is 5.11 Å². The largest absolute Gasteiger partial charge is 0.386 e. The summed E-state index contributed by atoms with van der Waals surface area (Å²) in [5.74, 6) is -0.484. The number of halogens is 2. The fraction of sp³-hybridized carbons (Fsp3) is 0.200. The molecule has 0 spiro atoms. The topological polar surface area (TPSA) is 46.0 Å². The molecule has 1 atom stereocenters. The van der Waals surface area contributed by atoms with Gasteiger partial charge in [-0.15, -0.1) is 5.10 Å². The summed E-state index contributed by atoms with van der Waals surface area (Å²) >= 11 is 6.73. The van der Waals surface area contributed by atoms with E-state index in [1.54, 1.807) is 11.4 Å². The maximum absolute atomic E-state index is 13.1. The summed E-state index contributed by atoms with van der Waals surface area (Å²) in [5, 5.41) is 15.3. The molecule has 0 fully saturated rings. The second-order valence-corrected chi connectivity index (χ2v) is 4.32. The first-order chi connectivity index (χ1) is 7.66. The molecular weight excluding hydrogens is 251 g/mol. The summed E-state index contributed by atoms with van der Waals surface area (Å²) in [6, 6.07) is 4.46. The maximum Gasteiger partial charge on any atom is 0.142 e. The van der Waals surface area contributed by atoms with Crippen molar-refractivity contribution in [2.45, 2.75) is 12.5 Å². The zero-order valence-electron chi connectivity index (χ0n) is 8.10. The molecule has 0 bridgehead atoms. The third-order valence-corrected chi connectivity index (χ3v) is 2.96. The molecule has 0 saturated heterocycles. The Balaban J connectivity index is 2.12. The molecule has 0 aliphatic rings. The Bertz CT molecular complexity index is 478. The number of rotatable bonds is 3. The molecule has 0 aliphatic carbocycles. The first-order valence-corrected chi connectivity index (χ1v) is 5.77. The smallest absolute Gasteiger partial charge is 0.142 e. The Labute approximate surface area is 101 Å². The van der Waals surface area contributed by atoms with Crippen LogP contribution in [0, 0.1) is 5.82 Å². The van der Waals surface area contributed by atoms with Gasteiger partial charge in [0.25, 0.3) is 0 Å². The number of aliphatic hydroxyl groups is 1. The quantitative estimate of drug-likeness (QED) is 0.921. The fourth-order valence-corrected chi connectivity index (χ4v) is 1.93. The highest BCUT2D eigenvalue weighted by Crippen LogP contribution is 2.20. The van der Waals surface area contributed by atoms with Gasteiger partial charge in [0.1, 0.15) is 17.6 Å². The molecule has 3 nitrogen and oxygen atoms in total. The van der Waals surface area contributed by atoms with Gasteiger partial charge in [0.15, 0.2) is 0 Å². The standard InChI is InChI=1S/C10H8ClFN2OS/c11-7-2-1-6(3-8(7)12)4-10(15)9-5-16-14-13-9/h1-3,5,10,15H,4H2. The predicted molar refractivity (Wildman–Crippen MR) is 60.0 cm³/mol. The van der Waals surface area contributed by atoms with E-state index in [-0.39, 0.29) is 5.02 Å². The maximum atomic E-state index is 13.1. The molecule has 2 rings (SSSR count). The van der Waals surface area contributed by atoms with Crippen molar-refractivity contribution in [2.24, 2.45) is 0 Å². The van der Waals surface area contributed by atoms with Crippen molar-refractivity contribution in [3.05, 3.63) is 45.7 Å². The van der Waals surface area contributed by atoms with Crippen molar-refractivity contribution in [1.29, 1.82) is 0 Å². The highest BCUT2D eigenvalue weighted by molar-refractivity contribution is 7.03. The number of hydrogen-bond acceptors (Lipinski definition) is 4. The molecule has 0 amide bonds. The molecule has 6 heteroatoms. The Hall–Kier alpha value is -1.04. The molecule has 1 N–H and O–H groups in total. The third kappa shape index (κ3) is 2.55. The zero-order valence-corrected chi connectivity index (χ0v) is 9.67. The lowest BCUT2D eigenvalue weighted by Crippen LogP contribution is -2.02. The van der Waals surface area contributed by atoms with Crippen LogP contribution in [0.3, 0.4) is 0 Å². The van der Waals surface area contributed by atoms with Crippen LogP contribution in [0.5, 0.6) is 0 Å². The second kappa shape index (κ2) is 4.86. The Kier molecular flexibility index (Phi) is 3.48. The first-order valence-electron chi connectivity index (χ1n) is 4.56. The highest BCUT2D eigenvalue weighted by Gasteiger charge is 2.12. The van der Waals surface area contributed by atoms with Gasteiger partial charge in [0.05, 0.1) is 5.02 Å². The van der Waals surface area contributed by atoms with Crippen LogP contribution in [-0.2, 0) is 6.42 Å². The average molecular weight is 259 g/mol. The van der Waals surface area contributed by atoms with Crippen LogP contribution < -0.4 is 0 Å². The Morgan fingerprint density at radius 1 is 1.50 bits per heavy atom. The number of aliphatic hydroxyl groups excluding tert-OH is 1. The van der Waals surface area contributed by atoms with Crippen LogP contribution in [0.25, 0.3) is 0 Å². The Morgan fingerprint density at radius 2 is 2.31 bits per heavy atom. The van der Waals surface area contributed by atoms with Crippen molar-refractivity contribution in [3.8, 4) is 0 Å². The van der Waals surface area contributed by atoms with Gasteiger partial charge in [-0.25, -0.2) is 4.39 Å². The fourth-order valence-electron chi connectivity index (χ4n) is 1.31. The van der Waals surface area contributed by atoms with Crippen LogP contribution in [-0.4, -0.2) is 14.7 Å². The van der Waals surface area contributed by atoms with E-state index < -0.39 is 11.9 Å². The molecule has 2 aromatic rings. The van der Waals surface area contributed by atoms with Gasteiger partial charge in [0, 0.05) is 11.8 Å². The molecule has 16 heavy (non-hydrogen) atoms. The average Bonchev–Trinajstić information content (AvgIpc) is 2.77. The minimum Gasteiger partial charge on any atom is -0.386 e. The van der Waals surface area contributed by atoms with Crippen LogP contribution in [0.4, 0.5) is 4.39 Å². The van der Waals surface area contributed by atoms with Crippen molar-refractivity contribution in [1.82, 2.24) is 9.59 Å². The molecule has 1 aromatic carbocycles. The van der Waals surface area contributed by atoms with Gasteiger partial charge in [-0.05, 0) is 29.2 Å². The van der Waals surface area contributed by atoms with E-state index in [1.165, 1.54) is 23.7 Å². The molecule has 84 valence electrons. The summed E-state index contributed by atoms with van der Waals surface area (Å²) in [4.78, 5) is 0. The molecule has 0 saturated carbocycles. The van der Waals surface area contributed by atoms with Crippen LogP contribution >= 0.6 is 23.1 Å². The van der Waals surface area contributed by atoms with E-state index in [0.29, 0.717) is 17.7 Å². The molecule has 1 aromatic heterocycles. The van der Waals surface area contributed by atoms with Crippen molar-refractivity contribution >= 4 is 23.1 Å². The lowest BCUT2D eigenvalue weighted by molar-refractivity contribution is 0.173. The van der Waals surface area contributed by atoms with Gasteiger partial charge in [-0.2, -0.15) is 0 Å². The summed E-state index contributed by atoms with van der Waals surface area (Å²) < 4.78 is 16.8. The van der Waals surface area contributed by atoms with E-state index in [2.05, 4.69) is 9.59 Å². The predicted octanol–water partition coefficient (Wildman–Crippen LogP) is 2.61. The number of hydrogen-bond donors (Lipinski definition) is 1. The van der Waals surface area contributed by atoms with E-state index in [0.717, 1.165) is 0 Å². The summed E-state index contributed by atoms with van der Waals surface area (Å²) in [6.45, 7) is 0. The van der Waals surface area contributed by atoms with E-state index in [1.807, 2.05) is 0 Å². The normalized spacial score (nSPS) is 12.7. The van der Waals surface area contributed by atoms with Crippen LogP contribution in [0.15, 0.2) is 23.6 Å². The number of nitrogens with zero attached hydrogens (tertiary/aromatic N) is 2. The summed E-state index contributed by atoms with van der Waals surface area (Å²) in [7, 11) is 0. The SMILES string of the molecule is OC(Cc1ccc(Cl)c(F)c1)c1csnn1. The summed E-state index contributed by atoms with van der Waals surface area (Å²) in [6.07, 6.45) is -0.473. The monoisotopic (exact) mass is 258 g/mol. The highest BCUT2D eigenvalue weighted by atomic mass is 35.5. The minimum absolute atomic E-state index is 0.0774. The zero-order chi connectivity index (χ0) is 11.5. The van der Waals surface area contributed by atoms with E-state index in [9.17, 15) is 9.50 Å². The van der Waals surface area contributed by atoms with Gasteiger partial charge in [-0.1, -0.05) is 22.2 Å². The number of benzene rings is 1. The molecule has 0 aliphatic heterocycles. The lowest BCUT2D eigenvalue weighted by atomic mass is 10.1. The van der Waals surface area contributed by atoms with E-state index >= 15 is 0 Å². The van der Waals surface area contributed by atoms with E-state index in [4.69, 9.17) is 11.6 Å². The van der Waals surface area contributed by atoms with Gasteiger partial charge in [0.2, 0.25) is 0 Å². The molecular formula is C10H8ClFN2OS. The second-order valence-electron chi connectivity index (χ2n) is 3.30. The minimum atomic E-state index is -0.765. The molecule has 1 unspecified atom stereocenters. The lowest BCUT2D eigenvalue weighted by Gasteiger charge is -2.07. The first kappa shape index (κ1) is 11.4. The van der Waals surface area contributed by atoms with Crippen LogP contribution in [0.2, 0.25) is 5.02 Å².